The van der Waals surface area contributed by atoms with Crippen molar-refractivity contribution in [2.45, 2.75) is 13.3 Å². The zero-order chi connectivity index (χ0) is 11.1. The Morgan fingerprint density at radius 2 is 2.40 bits per heavy atom. The molecule has 0 fully saturated rings. The second-order valence-corrected chi connectivity index (χ2v) is 2.98. The second kappa shape index (κ2) is 5.81. The molecule has 0 bridgehead atoms. The highest BCUT2D eigenvalue weighted by Gasteiger charge is 2.05. The molecular formula is C10H15N5. The molecule has 15 heavy (non-hydrogen) atoms. The molecule has 0 unspecified atom stereocenters. The Morgan fingerprint density at radius 3 is 3.00 bits per heavy atom. The largest absolute Gasteiger partial charge is 0.357 e. The van der Waals surface area contributed by atoms with Crippen LogP contribution < -0.4 is 10.2 Å². The van der Waals surface area contributed by atoms with Gasteiger partial charge in [-0.1, -0.05) is 0 Å². The molecule has 0 aliphatic heterocycles. The predicted octanol–water partition coefficient (Wildman–Crippen LogP) is 1.26. The first-order valence-electron chi connectivity index (χ1n) is 4.94. The molecule has 5 heteroatoms. The van der Waals surface area contributed by atoms with Gasteiger partial charge in [-0.25, -0.2) is 4.98 Å². The lowest BCUT2D eigenvalue weighted by Gasteiger charge is -2.20. The van der Waals surface area contributed by atoms with Crippen LogP contribution in [0.2, 0.25) is 0 Å². The molecule has 0 saturated carbocycles. The summed E-state index contributed by atoms with van der Waals surface area (Å²) in [7, 11) is 1.78. The number of aromatic nitrogens is 2. The zero-order valence-electron chi connectivity index (χ0n) is 9.06. The van der Waals surface area contributed by atoms with Gasteiger partial charge in [-0.05, 0) is 13.0 Å². The maximum atomic E-state index is 8.54. The first-order chi connectivity index (χ1) is 7.31. The number of nitriles is 1. The Kier molecular flexibility index (Phi) is 4.35. The molecule has 1 aromatic heterocycles. The van der Waals surface area contributed by atoms with Gasteiger partial charge in [0.25, 0.3) is 0 Å². The van der Waals surface area contributed by atoms with Crippen LogP contribution in [0.25, 0.3) is 0 Å². The lowest BCUT2D eigenvalue weighted by molar-refractivity contribution is 0.808. The molecule has 0 radical (unpaired) electrons. The van der Waals surface area contributed by atoms with Crippen molar-refractivity contribution in [1.82, 2.24) is 9.97 Å². The van der Waals surface area contributed by atoms with E-state index in [1.54, 1.807) is 13.2 Å². The minimum absolute atomic E-state index is 0.507. The van der Waals surface area contributed by atoms with Gasteiger partial charge < -0.3 is 10.2 Å². The summed E-state index contributed by atoms with van der Waals surface area (Å²) in [4.78, 5) is 10.4. The minimum atomic E-state index is 0.507. The summed E-state index contributed by atoms with van der Waals surface area (Å²) in [6.07, 6.45) is 2.22. The van der Waals surface area contributed by atoms with E-state index >= 15 is 0 Å². The fourth-order valence-electron chi connectivity index (χ4n) is 1.27. The summed E-state index contributed by atoms with van der Waals surface area (Å²) in [5, 5.41) is 11.4. The SMILES string of the molecule is CCN(CCC#N)c1ccnc(NC)n1. The summed E-state index contributed by atoms with van der Waals surface area (Å²) >= 11 is 0. The molecule has 0 saturated heterocycles. The maximum absolute atomic E-state index is 8.54. The van der Waals surface area contributed by atoms with Crippen LogP contribution in [0.1, 0.15) is 13.3 Å². The maximum Gasteiger partial charge on any atom is 0.224 e. The highest BCUT2D eigenvalue weighted by atomic mass is 15.2. The summed E-state index contributed by atoms with van der Waals surface area (Å²) in [6, 6.07) is 3.98. The summed E-state index contributed by atoms with van der Waals surface area (Å²) in [5.41, 5.74) is 0. The van der Waals surface area contributed by atoms with Gasteiger partial charge in [0.2, 0.25) is 5.95 Å². The van der Waals surface area contributed by atoms with Crippen LogP contribution in [0, 0.1) is 11.3 Å². The van der Waals surface area contributed by atoms with Gasteiger partial charge in [0.1, 0.15) is 5.82 Å². The van der Waals surface area contributed by atoms with E-state index in [2.05, 4.69) is 21.4 Å². The highest BCUT2D eigenvalue weighted by molar-refractivity contribution is 5.42. The average molecular weight is 205 g/mol. The Bertz CT molecular complexity index is 344. The van der Waals surface area contributed by atoms with Crippen molar-refractivity contribution in [3.8, 4) is 6.07 Å². The van der Waals surface area contributed by atoms with E-state index in [0.717, 1.165) is 12.4 Å². The Morgan fingerprint density at radius 1 is 1.60 bits per heavy atom. The molecule has 0 atom stereocenters. The van der Waals surface area contributed by atoms with Gasteiger partial charge in [-0.15, -0.1) is 0 Å². The van der Waals surface area contributed by atoms with Crippen LogP contribution in [0.5, 0.6) is 0 Å². The van der Waals surface area contributed by atoms with E-state index in [0.29, 0.717) is 18.9 Å². The lowest BCUT2D eigenvalue weighted by atomic mass is 10.4. The van der Waals surface area contributed by atoms with Crippen LogP contribution in [0.15, 0.2) is 12.3 Å². The Hall–Kier alpha value is -1.83. The third kappa shape index (κ3) is 3.09. The zero-order valence-corrected chi connectivity index (χ0v) is 9.06. The van der Waals surface area contributed by atoms with E-state index in [-0.39, 0.29) is 0 Å². The van der Waals surface area contributed by atoms with Crippen molar-refractivity contribution in [3.63, 3.8) is 0 Å². The van der Waals surface area contributed by atoms with Gasteiger partial charge in [0.15, 0.2) is 0 Å². The molecule has 1 heterocycles. The van der Waals surface area contributed by atoms with Crippen molar-refractivity contribution in [2.24, 2.45) is 0 Å². The van der Waals surface area contributed by atoms with Crippen molar-refractivity contribution in [3.05, 3.63) is 12.3 Å². The van der Waals surface area contributed by atoms with E-state index in [1.165, 1.54) is 0 Å². The third-order valence-corrected chi connectivity index (χ3v) is 2.06. The van der Waals surface area contributed by atoms with E-state index < -0.39 is 0 Å². The number of nitrogens with one attached hydrogen (secondary N) is 1. The van der Waals surface area contributed by atoms with Crippen molar-refractivity contribution in [1.29, 1.82) is 5.26 Å². The van der Waals surface area contributed by atoms with Crippen LogP contribution in [0.4, 0.5) is 11.8 Å². The van der Waals surface area contributed by atoms with Gasteiger partial charge in [0, 0.05) is 26.3 Å². The molecular weight excluding hydrogens is 190 g/mol. The minimum Gasteiger partial charge on any atom is -0.357 e. The monoisotopic (exact) mass is 205 g/mol. The number of anilines is 2. The molecule has 1 rings (SSSR count). The van der Waals surface area contributed by atoms with Crippen LogP contribution >= 0.6 is 0 Å². The Labute approximate surface area is 89.8 Å². The molecule has 1 N–H and O–H groups in total. The summed E-state index contributed by atoms with van der Waals surface area (Å²) in [6.45, 7) is 3.58. The normalized spacial score (nSPS) is 9.40. The van der Waals surface area contributed by atoms with E-state index in [1.807, 2.05) is 17.9 Å². The summed E-state index contributed by atoms with van der Waals surface area (Å²) in [5.74, 6) is 1.45. The lowest BCUT2D eigenvalue weighted by Crippen LogP contribution is -2.24. The molecule has 5 nitrogen and oxygen atoms in total. The highest BCUT2D eigenvalue weighted by Crippen LogP contribution is 2.11. The van der Waals surface area contributed by atoms with Gasteiger partial charge in [-0.3, -0.25) is 0 Å². The van der Waals surface area contributed by atoms with Crippen LogP contribution in [-0.4, -0.2) is 30.1 Å². The van der Waals surface area contributed by atoms with Crippen LogP contribution in [0.3, 0.4) is 0 Å². The average Bonchev–Trinajstić information content (AvgIpc) is 2.30. The second-order valence-electron chi connectivity index (χ2n) is 2.98. The number of hydrogen-bond donors (Lipinski definition) is 1. The molecule has 1 aromatic rings. The number of rotatable bonds is 5. The molecule has 0 spiro atoms. The quantitative estimate of drug-likeness (QED) is 0.784. The fraction of sp³-hybridized carbons (Fsp3) is 0.500. The molecule has 80 valence electrons. The van der Waals surface area contributed by atoms with Gasteiger partial charge in [0.05, 0.1) is 12.5 Å². The number of nitrogens with zero attached hydrogens (tertiary/aromatic N) is 4. The van der Waals surface area contributed by atoms with E-state index in [4.69, 9.17) is 5.26 Å². The third-order valence-electron chi connectivity index (χ3n) is 2.06. The standard InChI is InChI=1S/C10H15N5/c1-3-15(8-4-6-11)9-5-7-13-10(12-2)14-9/h5,7H,3-4,8H2,1-2H3,(H,12,13,14). The summed E-state index contributed by atoms with van der Waals surface area (Å²) < 4.78 is 0. The first kappa shape index (κ1) is 11.2. The van der Waals surface area contributed by atoms with Gasteiger partial charge >= 0.3 is 0 Å². The molecule has 0 aromatic carbocycles. The molecule has 0 aliphatic rings. The predicted molar refractivity (Wildman–Crippen MR) is 59.7 cm³/mol. The first-order valence-corrected chi connectivity index (χ1v) is 4.94. The topological polar surface area (TPSA) is 64.8 Å². The van der Waals surface area contributed by atoms with E-state index in [9.17, 15) is 0 Å². The van der Waals surface area contributed by atoms with Gasteiger partial charge in [-0.2, -0.15) is 10.2 Å². The molecule has 0 amide bonds. The van der Waals surface area contributed by atoms with Crippen molar-refractivity contribution >= 4 is 11.8 Å². The van der Waals surface area contributed by atoms with Crippen molar-refractivity contribution in [2.75, 3.05) is 30.4 Å². The Balaban J connectivity index is 2.77. The smallest absolute Gasteiger partial charge is 0.224 e. The molecule has 0 aliphatic carbocycles. The van der Waals surface area contributed by atoms with Crippen LogP contribution in [-0.2, 0) is 0 Å². The fourth-order valence-corrected chi connectivity index (χ4v) is 1.27. The van der Waals surface area contributed by atoms with Crippen molar-refractivity contribution < 1.29 is 0 Å². The number of hydrogen-bond acceptors (Lipinski definition) is 5.